The van der Waals surface area contributed by atoms with Crippen molar-refractivity contribution in [2.24, 2.45) is 7.05 Å². The van der Waals surface area contributed by atoms with E-state index in [2.05, 4.69) is 64.4 Å². The normalized spacial score (nSPS) is 17.6. The Morgan fingerprint density at radius 3 is 2.77 bits per heavy atom. The highest BCUT2D eigenvalue weighted by atomic mass is 32.1. The van der Waals surface area contributed by atoms with Gasteiger partial charge in [0.1, 0.15) is 0 Å². The number of carbonyl (C=O) groups is 1. The molecule has 5 nitrogen and oxygen atoms in total. The number of aromatic nitrogens is 1. The van der Waals surface area contributed by atoms with Crippen LogP contribution in [0, 0.1) is 0 Å². The van der Waals surface area contributed by atoms with Crippen molar-refractivity contribution in [2.45, 2.75) is 12.6 Å². The van der Waals surface area contributed by atoms with Crippen LogP contribution in [0.1, 0.15) is 26.9 Å². The summed E-state index contributed by atoms with van der Waals surface area (Å²) in [6.07, 6.45) is 2.11. The zero-order chi connectivity index (χ0) is 20.7. The van der Waals surface area contributed by atoms with E-state index in [1.165, 1.54) is 16.5 Å². The molecule has 2 aromatic carbocycles. The highest BCUT2D eigenvalue weighted by Crippen LogP contribution is 2.38. The number of thiophene rings is 1. The summed E-state index contributed by atoms with van der Waals surface area (Å²) in [5, 5.41) is 5.22. The van der Waals surface area contributed by atoms with Crippen molar-refractivity contribution in [1.82, 2.24) is 14.8 Å². The second-order valence-electron chi connectivity index (χ2n) is 7.80. The van der Waals surface area contributed by atoms with Gasteiger partial charge in [-0.25, -0.2) is 0 Å². The van der Waals surface area contributed by atoms with Crippen LogP contribution in [0.25, 0.3) is 21.0 Å². The minimum absolute atomic E-state index is 0.0408. The van der Waals surface area contributed by atoms with E-state index >= 15 is 0 Å². The van der Waals surface area contributed by atoms with Gasteiger partial charge in [-0.15, -0.1) is 11.3 Å². The Kier molecular flexibility index (Phi) is 5.06. The molecule has 4 aromatic rings. The number of aryl methyl sites for hydroxylation is 1. The summed E-state index contributed by atoms with van der Waals surface area (Å²) in [6, 6.07) is 16.8. The highest BCUT2D eigenvalue weighted by Gasteiger charge is 2.29. The van der Waals surface area contributed by atoms with Crippen LogP contribution in [0.15, 0.2) is 54.7 Å². The maximum atomic E-state index is 12.6. The van der Waals surface area contributed by atoms with Gasteiger partial charge in [-0.05, 0) is 23.1 Å². The molecule has 0 radical (unpaired) electrons. The number of amides is 1. The first-order valence-corrected chi connectivity index (χ1v) is 11.1. The molecule has 0 aliphatic carbocycles. The quantitative estimate of drug-likeness (QED) is 0.536. The maximum Gasteiger partial charge on any atom is 0.261 e. The molecule has 5 rings (SSSR count). The molecule has 1 amide bonds. The van der Waals surface area contributed by atoms with Gasteiger partial charge in [0.25, 0.3) is 5.91 Å². The van der Waals surface area contributed by atoms with E-state index < -0.39 is 0 Å². The summed E-state index contributed by atoms with van der Waals surface area (Å²) in [6.45, 7) is 3.19. The van der Waals surface area contributed by atoms with Crippen LogP contribution < -0.4 is 5.32 Å². The fourth-order valence-electron chi connectivity index (χ4n) is 4.48. The van der Waals surface area contributed by atoms with E-state index in [1.54, 1.807) is 18.4 Å². The van der Waals surface area contributed by atoms with Crippen molar-refractivity contribution in [3.05, 3.63) is 70.7 Å². The fourth-order valence-corrected chi connectivity index (χ4v) is 5.68. The van der Waals surface area contributed by atoms with Crippen molar-refractivity contribution in [2.75, 3.05) is 26.7 Å². The zero-order valence-corrected chi connectivity index (χ0v) is 18.0. The van der Waals surface area contributed by atoms with E-state index in [4.69, 9.17) is 4.74 Å². The van der Waals surface area contributed by atoms with Gasteiger partial charge in [-0.2, -0.15) is 0 Å². The molecule has 1 N–H and O–H groups in total. The predicted molar refractivity (Wildman–Crippen MR) is 122 cm³/mol. The molecule has 1 aliphatic heterocycles. The number of nitrogens with zero attached hydrogens (tertiary/aromatic N) is 2. The number of nitrogens with one attached hydrogen (secondary N) is 1. The zero-order valence-electron chi connectivity index (χ0n) is 17.2. The third kappa shape index (κ3) is 3.31. The summed E-state index contributed by atoms with van der Waals surface area (Å²) in [5.74, 6) is -0.0408. The highest BCUT2D eigenvalue weighted by molar-refractivity contribution is 7.21. The average molecular weight is 420 g/mol. The number of benzene rings is 2. The first-order valence-electron chi connectivity index (χ1n) is 10.3. The Hall–Kier alpha value is -2.67. The fraction of sp³-hybridized carbons (Fsp3) is 0.292. The number of morpholine rings is 1. The summed E-state index contributed by atoms with van der Waals surface area (Å²) in [5.41, 5.74) is 3.61. The van der Waals surface area contributed by atoms with Gasteiger partial charge in [0, 0.05) is 61.1 Å². The van der Waals surface area contributed by atoms with Crippen molar-refractivity contribution >= 4 is 38.2 Å². The number of fused-ring (bicyclic) bond motifs is 2. The van der Waals surface area contributed by atoms with Gasteiger partial charge < -0.3 is 14.6 Å². The lowest BCUT2D eigenvalue weighted by atomic mass is 10.0. The van der Waals surface area contributed by atoms with E-state index in [9.17, 15) is 4.79 Å². The maximum absolute atomic E-state index is 12.6. The number of hydrogen-bond acceptors (Lipinski definition) is 4. The molecule has 0 saturated carbocycles. The molecular weight excluding hydrogens is 394 g/mol. The molecule has 0 spiro atoms. The molecule has 6 heteroatoms. The van der Waals surface area contributed by atoms with Gasteiger partial charge in [-0.3, -0.25) is 9.69 Å². The average Bonchev–Trinajstić information content (AvgIpc) is 3.32. The van der Waals surface area contributed by atoms with Crippen molar-refractivity contribution < 1.29 is 9.53 Å². The van der Waals surface area contributed by atoms with Crippen LogP contribution in [-0.2, 0) is 18.3 Å². The first-order chi connectivity index (χ1) is 14.7. The van der Waals surface area contributed by atoms with E-state index in [-0.39, 0.29) is 12.0 Å². The van der Waals surface area contributed by atoms with Crippen LogP contribution >= 0.6 is 11.3 Å². The molecule has 1 aliphatic rings. The molecule has 2 aromatic heterocycles. The molecular formula is C24H25N3O2S. The smallest absolute Gasteiger partial charge is 0.261 e. The van der Waals surface area contributed by atoms with Gasteiger partial charge >= 0.3 is 0 Å². The van der Waals surface area contributed by atoms with Gasteiger partial charge in [0.15, 0.2) is 0 Å². The van der Waals surface area contributed by atoms with Crippen LogP contribution in [0.4, 0.5) is 0 Å². The molecule has 1 fully saturated rings. The van der Waals surface area contributed by atoms with Crippen LogP contribution in [0.5, 0.6) is 0 Å². The number of hydrogen-bond donors (Lipinski definition) is 1. The van der Waals surface area contributed by atoms with Crippen LogP contribution in [-0.4, -0.2) is 42.1 Å². The lowest BCUT2D eigenvalue weighted by molar-refractivity contribution is -0.0322. The third-order valence-corrected chi connectivity index (χ3v) is 7.10. The number of rotatable bonds is 4. The summed E-state index contributed by atoms with van der Waals surface area (Å²) >= 11 is 1.55. The number of ether oxygens (including phenoxy) is 1. The topological polar surface area (TPSA) is 46.5 Å². The van der Waals surface area contributed by atoms with Gasteiger partial charge in [0.2, 0.25) is 0 Å². The molecule has 3 heterocycles. The van der Waals surface area contributed by atoms with Gasteiger partial charge in [0.05, 0.1) is 17.6 Å². The Bertz CT molecular complexity index is 1230. The van der Waals surface area contributed by atoms with Crippen molar-refractivity contribution in [3.63, 3.8) is 0 Å². The summed E-state index contributed by atoms with van der Waals surface area (Å²) in [7, 11) is 3.78. The number of para-hydroxylation sites is 1. The SMILES string of the molecule is CNC(=O)c1sc2ccccc2c1C1CN(Cc2cn(C)c3ccccc23)CCO1. The van der Waals surface area contributed by atoms with Crippen molar-refractivity contribution in [1.29, 1.82) is 0 Å². The number of carbonyl (C=O) groups excluding carboxylic acids is 1. The summed E-state index contributed by atoms with van der Waals surface area (Å²) < 4.78 is 9.53. The minimum Gasteiger partial charge on any atom is -0.371 e. The molecule has 30 heavy (non-hydrogen) atoms. The molecule has 1 unspecified atom stereocenters. The molecule has 1 atom stereocenters. The summed E-state index contributed by atoms with van der Waals surface area (Å²) in [4.78, 5) is 15.8. The molecule has 0 bridgehead atoms. The van der Waals surface area contributed by atoms with E-state index in [0.29, 0.717) is 6.61 Å². The van der Waals surface area contributed by atoms with E-state index in [1.807, 2.05) is 12.1 Å². The van der Waals surface area contributed by atoms with Gasteiger partial charge in [-0.1, -0.05) is 36.4 Å². The minimum atomic E-state index is -0.114. The van der Waals surface area contributed by atoms with Crippen LogP contribution in [0.2, 0.25) is 0 Å². The second-order valence-corrected chi connectivity index (χ2v) is 8.85. The van der Waals surface area contributed by atoms with Crippen LogP contribution in [0.3, 0.4) is 0 Å². The monoisotopic (exact) mass is 419 g/mol. The lowest BCUT2D eigenvalue weighted by Gasteiger charge is -2.33. The van der Waals surface area contributed by atoms with E-state index in [0.717, 1.165) is 40.2 Å². The predicted octanol–water partition coefficient (Wildman–Crippen LogP) is 4.33. The molecule has 1 saturated heterocycles. The van der Waals surface area contributed by atoms with Crippen molar-refractivity contribution in [3.8, 4) is 0 Å². The Balaban J connectivity index is 1.47. The first kappa shape index (κ1) is 19.3. The Morgan fingerprint density at radius 1 is 1.17 bits per heavy atom. The Labute approximate surface area is 179 Å². The lowest BCUT2D eigenvalue weighted by Crippen LogP contribution is -2.38. The second kappa shape index (κ2) is 7.87. The largest absolute Gasteiger partial charge is 0.371 e. The molecule has 154 valence electrons. The standard InChI is InChI=1S/C24H25N3O2S/c1-25-24(28)23-22(18-8-4-6-10-21(18)30-23)20-15-27(11-12-29-20)14-16-13-26(2)19-9-5-3-7-17(16)19/h3-10,13,20H,11-12,14-15H2,1-2H3,(H,25,28). The third-order valence-electron chi connectivity index (χ3n) is 5.91. The Morgan fingerprint density at radius 2 is 1.93 bits per heavy atom.